The maximum atomic E-state index is 12.0. The first-order valence-electron chi connectivity index (χ1n) is 5.53. The fourth-order valence-corrected chi connectivity index (χ4v) is 3.06. The van der Waals surface area contributed by atoms with Gasteiger partial charge in [-0.1, -0.05) is 6.92 Å². The molecule has 4 nitrogen and oxygen atoms in total. The first kappa shape index (κ1) is 11.1. The molecule has 0 radical (unpaired) electrons. The fraction of sp³-hybridized carbons (Fsp3) is 0.900. The normalized spacial score (nSPS) is 26.1. The van der Waals surface area contributed by atoms with Gasteiger partial charge in [0.2, 0.25) is 5.91 Å². The highest BCUT2D eigenvalue weighted by molar-refractivity contribution is 7.85. The van der Waals surface area contributed by atoms with Gasteiger partial charge in [-0.05, 0) is 19.0 Å². The van der Waals surface area contributed by atoms with Gasteiger partial charge in [-0.25, -0.2) is 0 Å². The highest BCUT2D eigenvalue weighted by Crippen LogP contribution is 2.19. The molecule has 0 aromatic heterocycles. The molecular weight excluding hydrogens is 212 g/mol. The predicted octanol–water partition coefficient (Wildman–Crippen LogP) is -0.567. The largest absolute Gasteiger partial charge is 0.341 e. The third-order valence-corrected chi connectivity index (χ3v) is 4.67. The Hall–Kier alpha value is -0.420. The fourth-order valence-electron chi connectivity index (χ4n) is 2.01. The van der Waals surface area contributed by atoms with Crippen LogP contribution in [0.15, 0.2) is 0 Å². The quantitative estimate of drug-likeness (QED) is 0.691. The molecule has 0 aromatic carbocycles. The summed E-state index contributed by atoms with van der Waals surface area (Å²) in [6.07, 6.45) is 0. The van der Waals surface area contributed by atoms with E-state index < -0.39 is 10.8 Å². The topological polar surface area (TPSA) is 49.4 Å². The number of hydrogen-bond donors (Lipinski definition) is 1. The summed E-state index contributed by atoms with van der Waals surface area (Å²) in [4.78, 5) is 13.9. The van der Waals surface area contributed by atoms with Gasteiger partial charge in [0.15, 0.2) is 0 Å². The van der Waals surface area contributed by atoms with E-state index in [2.05, 4.69) is 5.32 Å². The lowest BCUT2D eigenvalue weighted by molar-refractivity contribution is -0.137. The van der Waals surface area contributed by atoms with Crippen LogP contribution in [0.3, 0.4) is 0 Å². The van der Waals surface area contributed by atoms with E-state index in [1.807, 2.05) is 11.8 Å². The van der Waals surface area contributed by atoms with Crippen molar-refractivity contribution in [3.05, 3.63) is 0 Å². The standard InChI is InChI=1S/C10H18N2O2S/c1-8(9-6-11-7-9)10(13)12-2-4-15(14)5-3-12/h8-9,11H,2-7H2,1H3. The van der Waals surface area contributed by atoms with Crippen molar-refractivity contribution in [1.29, 1.82) is 0 Å². The molecule has 1 unspecified atom stereocenters. The molecule has 0 spiro atoms. The van der Waals surface area contributed by atoms with E-state index in [1.54, 1.807) is 0 Å². The summed E-state index contributed by atoms with van der Waals surface area (Å²) in [7, 11) is -0.695. The molecule has 0 aliphatic carbocycles. The molecule has 2 aliphatic heterocycles. The van der Waals surface area contributed by atoms with Crippen LogP contribution in [0.5, 0.6) is 0 Å². The molecule has 1 atom stereocenters. The van der Waals surface area contributed by atoms with Crippen LogP contribution in [-0.4, -0.2) is 52.7 Å². The van der Waals surface area contributed by atoms with Crippen molar-refractivity contribution in [1.82, 2.24) is 10.2 Å². The number of rotatable bonds is 2. The first-order chi connectivity index (χ1) is 7.18. The van der Waals surface area contributed by atoms with Crippen molar-refractivity contribution in [3.8, 4) is 0 Å². The molecule has 5 heteroatoms. The maximum absolute atomic E-state index is 12.0. The Balaban J connectivity index is 1.86. The van der Waals surface area contributed by atoms with E-state index in [1.165, 1.54) is 0 Å². The number of hydrogen-bond acceptors (Lipinski definition) is 3. The smallest absolute Gasteiger partial charge is 0.225 e. The zero-order chi connectivity index (χ0) is 10.8. The molecule has 2 rings (SSSR count). The lowest BCUT2D eigenvalue weighted by Gasteiger charge is -2.36. The van der Waals surface area contributed by atoms with Gasteiger partial charge in [-0.3, -0.25) is 9.00 Å². The number of carbonyl (C=O) groups excluding carboxylic acids is 1. The molecule has 2 fully saturated rings. The molecule has 1 N–H and O–H groups in total. The Kier molecular flexibility index (Phi) is 3.41. The highest BCUT2D eigenvalue weighted by atomic mass is 32.2. The molecule has 2 heterocycles. The third-order valence-electron chi connectivity index (χ3n) is 3.40. The summed E-state index contributed by atoms with van der Waals surface area (Å²) in [5, 5.41) is 3.19. The lowest BCUT2D eigenvalue weighted by atomic mass is 9.88. The van der Waals surface area contributed by atoms with Crippen LogP contribution in [0.4, 0.5) is 0 Å². The molecule has 2 aliphatic rings. The SMILES string of the molecule is CC(C(=O)N1CCS(=O)CC1)C1CNC1. The van der Waals surface area contributed by atoms with Gasteiger partial charge in [0.25, 0.3) is 0 Å². The summed E-state index contributed by atoms with van der Waals surface area (Å²) < 4.78 is 11.2. The molecule has 15 heavy (non-hydrogen) atoms. The Labute approximate surface area is 92.9 Å². The maximum Gasteiger partial charge on any atom is 0.225 e. The molecular formula is C10H18N2O2S. The summed E-state index contributed by atoms with van der Waals surface area (Å²) in [5.41, 5.74) is 0. The summed E-state index contributed by atoms with van der Waals surface area (Å²) in [6, 6.07) is 0. The molecule has 1 amide bonds. The van der Waals surface area contributed by atoms with Gasteiger partial charge in [0, 0.05) is 41.3 Å². The van der Waals surface area contributed by atoms with Crippen molar-refractivity contribution in [2.45, 2.75) is 6.92 Å². The average molecular weight is 230 g/mol. The van der Waals surface area contributed by atoms with Gasteiger partial charge < -0.3 is 10.2 Å². The Bertz CT molecular complexity index is 269. The van der Waals surface area contributed by atoms with Crippen LogP contribution < -0.4 is 5.32 Å². The zero-order valence-electron chi connectivity index (χ0n) is 9.07. The van der Waals surface area contributed by atoms with Crippen molar-refractivity contribution in [2.24, 2.45) is 11.8 Å². The average Bonchev–Trinajstić information content (AvgIpc) is 2.15. The third kappa shape index (κ3) is 2.39. The van der Waals surface area contributed by atoms with Crippen LogP contribution in [0.1, 0.15) is 6.92 Å². The van der Waals surface area contributed by atoms with E-state index in [4.69, 9.17) is 0 Å². The van der Waals surface area contributed by atoms with Crippen molar-refractivity contribution in [3.63, 3.8) is 0 Å². The summed E-state index contributed by atoms with van der Waals surface area (Å²) in [5.74, 6) is 2.18. The predicted molar refractivity (Wildman–Crippen MR) is 60.0 cm³/mol. The van der Waals surface area contributed by atoms with Gasteiger partial charge in [-0.15, -0.1) is 0 Å². The summed E-state index contributed by atoms with van der Waals surface area (Å²) in [6.45, 7) is 5.30. The van der Waals surface area contributed by atoms with Crippen molar-refractivity contribution < 1.29 is 9.00 Å². The number of amides is 1. The second kappa shape index (κ2) is 4.61. The summed E-state index contributed by atoms with van der Waals surface area (Å²) >= 11 is 0. The van der Waals surface area contributed by atoms with Crippen molar-refractivity contribution in [2.75, 3.05) is 37.7 Å². The molecule has 86 valence electrons. The zero-order valence-corrected chi connectivity index (χ0v) is 9.89. The minimum Gasteiger partial charge on any atom is -0.341 e. The van der Waals surface area contributed by atoms with Crippen molar-refractivity contribution >= 4 is 16.7 Å². The van der Waals surface area contributed by atoms with Gasteiger partial charge >= 0.3 is 0 Å². The van der Waals surface area contributed by atoms with Crippen LogP contribution in [-0.2, 0) is 15.6 Å². The van der Waals surface area contributed by atoms with Crippen LogP contribution in [0.25, 0.3) is 0 Å². The molecule has 0 saturated carbocycles. The number of nitrogens with one attached hydrogen (secondary N) is 1. The van der Waals surface area contributed by atoms with E-state index in [-0.39, 0.29) is 11.8 Å². The van der Waals surface area contributed by atoms with E-state index in [9.17, 15) is 9.00 Å². The van der Waals surface area contributed by atoms with Gasteiger partial charge in [0.05, 0.1) is 0 Å². The Morgan fingerprint density at radius 3 is 2.47 bits per heavy atom. The van der Waals surface area contributed by atoms with E-state index in [0.717, 1.165) is 13.1 Å². The van der Waals surface area contributed by atoms with Gasteiger partial charge in [0.1, 0.15) is 0 Å². The minimum atomic E-state index is -0.695. The second-order valence-corrected chi connectivity index (χ2v) is 6.08. The Morgan fingerprint density at radius 1 is 1.40 bits per heavy atom. The Morgan fingerprint density at radius 2 is 2.00 bits per heavy atom. The monoisotopic (exact) mass is 230 g/mol. The van der Waals surface area contributed by atoms with Crippen LogP contribution in [0, 0.1) is 11.8 Å². The molecule has 0 bridgehead atoms. The van der Waals surface area contributed by atoms with Crippen LogP contribution in [0.2, 0.25) is 0 Å². The van der Waals surface area contributed by atoms with Crippen LogP contribution >= 0.6 is 0 Å². The molecule has 2 saturated heterocycles. The first-order valence-corrected chi connectivity index (χ1v) is 7.02. The van der Waals surface area contributed by atoms with Gasteiger partial charge in [-0.2, -0.15) is 0 Å². The second-order valence-electron chi connectivity index (χ2n) is 4.38. The van der Waals surface area contributed by atoms with E-state index in [0.29, 0.717) is 30.5 Å². The van der Waals surface area contributed by atoms with E-state index >= 15 is 0 Å². The lowest BCUT2D eigenvalue weighted by Crippen LogP contribution is -2.52. The number of carbonyl (C=O) groups is 1. The molecule has 0 aromatic rings. The number of nitrogens with zero attached hydrogens (tertiary/aromatic N) is 1. The minimum absolute atomic E-state index is 0.123. The highest BCUT2D eigenvalue weighted by Gasteiger charge is 2.32.